The molecule has 1 fully saturated rings. The van der Waals surface area contributed by atoms with Crippen molar-refractivity contribution in [3.8, 4) is 5.95 Å². The fourth-order valence-corrected chi connectivity index (χ4v) is 1.91. The number of aromatic nitrogens is 2. The van der Waals surface area contributed by atoms with E-state index in [2.05, 4.69) is 9.79 Å². The van der Waals surface area contributed by atoms with Gasteiger partial charge >= 0.3 is 0 Å². The highest BCUT2D eigenvalue weighted by molar-refractivity contribution is 5.10. The number of hydrogen-bond donors (Lipinski definition) is 0. The minimum atomic E-state index is -0.242. The zero-order valence-corrected chi connectivity index (χ0v) is 6.04. The fraction of sp³-hybridized carbons (Fsp3) is 0.714. The molecule has 4 nitrogen and oxygen atoms in total. The summed E-state index contributed by atoms with van der Waals surface area (Å²) in [6, 6.07) is 0. The lowest BCUT2D eigenvalue weighted by molar-refractivity contribution is -0.794. The van der Waals surface area contributed by atoms with Gasteiger partial charge in [0.1, 0.15) is 0 Å². The van der Waals surface area contributed by atoms with Crippen molar-refractivity contribution in [2.45, 2.75) is 31.2 Å². The van der Waals surface area contributed by atoms with Gasteiger partial charge in [-0.05, 0) is 0 Å². The van der Waals surface area contributed by atoms with Crippen molar-refractivity contribution in [3.63, 3.8) is 0 Å². The lowest BCUT2D eigenvalue weighted by Gasteiger charge is -1.92. The zero-order chi connectivity index (χ0) is 7.47. The average Bonchev–Trinajstić information content (AvgIpc) is 2.53. The molecule has 0 radical (unpaired) electrons. The van der Waals surface area contributed by atoms with Crippen LogP contribution in [0.1, 0.15) is 25.0 Å². The molecule has 0 aromatic carbocycles. The first-order valence-electron chi connectivity index (χ1n) is 3.90. The first-order valence-corrected chi connectivity index (χ1v) is 3.90. The summed E-state index contributed by atoms with van der Waals surface area (Å²) in [7, 11) is 0. The lowest BCUT2D eigenvalue weighted by atomic mass is 10.2. The molecule has 1 aliphatic carbocycles. The standard InChI is InChI=1S/C7H8N2O2/c10-6-5-1-2-7(3-4-7)9(5)8-11-6/h1-4H2. The van der Waals surface area contributed by atoms with Gasteiger partial charge < -0.3 is 9.63 Å². The van der Waals surface area contributed by atoms with Gasteiger partial charge in [-0.2, -0.15) is 0 Å². The van der Waals surface area contributed by atoms with E-state index in [4.69, 9.17) is 0 Å². The van der Waals surface area contributed by atoms with Gasteiger partial charge in [0.15, 0.2) is 11.5 Å². The van der Waals surface area contributed by atoms with Crippen LogP contribution in [-0.4, -0.2) is 5.27 Å². The Bertz CT molecular complexity index is 314. The van der Waals surface area contributed by atoms with Gasteiger partial charge in [0.2, 0.25) is 5.69 Å². The van der Waals surface area contributed by atoms with E-state index < -0.39 is 0 Å². The van der Waals surface area contributed by atoms with Gasteiger partial charge in [-0.3, -0.25) is 0 Å². The number of hydrogen-bond acceptors (Lipinski definition) is 3. The van der Waals surface area contributed by atoms with Crippen molar-refractivity contribution in [1.82, 2.24) is 5.27 Å². The van der Waals surface area contributed by atoms with E-state index in [-0.39, 0.29) is 11.5 Å². The van der Waals surface area contributed by atoms with E-state index in [1.165, 1.54) is 0 Å². The summed E-state index contributed by atoms with van der Waals surface area (Å²) in [5.41, 5.74) is 0.976. The van der Waals surface area contributed by atoms with Crippen LogP contribution in [0.3, 0.4) is 0 Å². The summed E-state index contributed by atoms with van der Waals surface area (Å²) in [5.74, 6) is -0.242. The minimum absolute atomic E-state index is 0.210. The quantitative estimate of drug-likeness (QED) is 0.469. The van der Waals surface area contributed by atoms with Gasteiger partial charge in [-0.1, -0.05) is 4.68 Å². The number of nitrogens with zero attached hydrogens (tertiary/aromatic N) is 2. The second-order valence-electron chi connectivity index (χ2n) is 3.44. The van der Waals surface area contributed by atoms with Crippen LogP contribution in [0.2, 0.25) is 0 Å². The average molecular weight is 152 g/mol. The molecule has 2 aliphatic rings. The molecule has 58 valence electrons. The molecule has 2 heterocycles. The van der Waals surface area contributed by atoms with E-state index >= 15 is 0 Å². The second-order valence-corrected chi connectivity index (χ2v) is 3.44. The molecule has 0 amide bonds. The summed E-state index contributed by atoms with van der Waals surface area (Å²) in [5, 5.41) is 14.7. The van der Waals surface area contributed by atoms with Crippen molar-refractivity contribution in [1.29, 1.82) is 0 Å². The van der Waals surface area contributed by atoms with Crippen LogP contribution in [0.15, 0.2) is 4.52 Å². The van der Waals surface area contributed by atoms with Gasteiger partial charge in [-0.25, -0.2) is 0 Å². The molecule has 1 saturated carbocycles. The van der Waals surface area contributed by atoms with Crippen LogP contribution in [-0.2, 0) is 12.0 Å². The third-order valence-electron chi connectivity index (χ3n) is 2.80. The van der Waals surface area contributed by atoms with Gasteiger partial charge in [0.05, 0.1) is 5.27 Å². The van der Waals surface area contributed by atoms with Crippen molar-refractivity contribution < 1.29 is 14.3 Å². The normalized spacial score (nSPS) is 24.0. The summed E-state index contributed by atoms with van der Waals surface area (Å²) >= 11 is 0. The number of rotatable bonds is 0. The molecule has 0 saturated heterocycles. The topological polar surface area (TPSA) is 53.0 Å². The Morgan fingerprint density at radius 1 is 1.45 bits per heavy atom. The van der Waals surface area contributed by atoms with Crippen LogP contribution in [0.25, 0.3) is 0 Å². The highest BCUT2D eigenvalue weighted by Gasteiger charge is 2.60. The first-order chi connectivity index (χ1) is 5.32. The Kier molecular flexibility index (Phi) is 0.718. The predicted octanol–water partition coefficient (Wildman–Crippen LogP) is -0.529. The van der Waals surface area contributed by atoms with Gasteiger partial charge in [0.25, 0.3) is 0 Å². The monoisotopic (exact) mass is 152 g/mol. The van der Waals surface area contributed by atoms with Crippen LogP contribution in [0.4, 0.5) is 0 Å². The second kappa shape index (κ2) is 1.42. The van der Waals surface area contributed by atoms with E-state index in [0.29, 0.717) is 0 Å². The summed E-state index contributed by atoms with van der Waals surface area (Å²) in [6.07, 6.45) is 4.26. The molecule has 0 unspecified atom stereocenters. The molecule has 0 bridgehead atoms. The Hall–Kier alpha value is -1.06. The summed E-state index contributed by atoms with van der Waals surface area (Å²) in [4.78, 5) is 0. The molecule has 0 N–H and O–H groups in total. The largest absolute Gasteiger partial charge is 0.539 e. The number of fused-ring (bicyclic) bond motifs is 2. The van der Waals surface area contributed by atoms with Crippen molar-refractivity contribution in [2.24, 2.45) is 0 Å². The lowest BCUT2D eigenvalue weighted by Crippen LogP contribution is -2.45. The molecule has 1 spiro atoms. The summed E-state index contributed by atoms with van der Waals surface area (Å²) < 4.78 is 6.37. The fourth-order valence-electron chi connectivity index (χ4n) is 1.91. The predicted molar refractivity (Wildman–Crippen MR) is 31.7 cm³/mol. The maximum Gasteiger partial charge on any atom is 0.234 e. The SMILES string of the molecule is [O-]c1on[n+]2c1CCC21CC1. The van der Waals surface area contributed by atoms with E-state index in [1.807, 2.05) is 0 Å². The molecular formula is C7H8N2O2. The Morgan fingerprint density at radius 2 is 2.27 bits per heavy atom. The van der Waals surface area contributed by atoms with Crippen LogP contribution in [0, 0.1) is 0 Å². The Labute approximate surface area is 63.4 Å². The third-order valence-corrected chi connectivity index (χ3v) is 2.80. The van der Waals surface area contributed by atoms with Crippen LogP contribution >= 0.6 is 0 Å². The zero-order valence-electron chi connectivity index (χ0n) is 6.04. The van der Waals surface area contributed by atoms with Crippen molar-refractivity contribution in [3.05, 3.63) is 5.69 Å². The summed E-state index contributed by atoms with van der Waals surface area (Å²) in [6.45, 7) is 0. The van der Waals surface area contributed by atoms with Crippen LogP contribution < -0.4 is 9.79 Å². The molecule has 1 aromatic heterocycles. The minimum Gasteiger partial charge on any atom is -0.539 e. The van der Waals surface area contributed by atoms with Gasteiger partial charge in [-0.15, -0.1) is 0 Å². The molecule has 0 atom stereocenters. The van der Waals surface area contributed by atoms with Crippen molar-refractivity contribution in [2.75, 3.05) is 0 Å². The molecular weight excluding hydrogens is 144 g/mol. The molecule has 11 heavy (non-hydrogen) atoms. The van der Waals surface area contributed by atoms with Crippen molar-refractivity contribution >= 4 is 0 Å². The molecule has 1 aliphatic heterocycles. The molecule has 3 rings (SSSR count). The van der Waals surface area contributed by atoms with Gasteiger partial charge in [0, 0.05) is 25.7 Å². The maximum atomic E-state index is 11.0. The van der Waals surface area contributed by atoms with E-state index in [0.717, 1.165) is 31.4 Å². The third kappa shape index (κ3) is 0.514. The highest BCUT2D eigenvalue weighted by atomic mass is 16.6. The smallest absolute Gasteiger partial charge is 0.234 e. The molecule has 4 heteroatoms. The van der Waals surface area contributed by atoms with E-state index in [1.54, 1.807) is 4.68 Å². The molecule has 1 aromatic rings. The highest BCUT2D eigenvalue weighted by Crippen LogP contribution is 2.46. The first kappa shape index (κ1) is 5.57. The Balaban J connectivity index is 2.22. The Morgan fingerprint density at radius 3 is 3.00 bits per heavy atom. The van der Waals surface area contributed by atoms with E-state index in [9.17, 15) is 5.11 Å². The van der Waals surface area contributed by atoms with Crippen LogP contribution in [0.5, 0.6) is 5.95 Å². The maximum absolute atomic E-state index is 11.0.